The number of esters is 2. The lowest BCUT2D eigenvalue weighted by atomic mass is 10.0. The summed E-state index contributed by atoms with van der Waals surface area (Å²) in [4.78, 5) is 37.7. The standard InChI is InChI=1S/C98H161NO8/c1-6-8-10-12-14-16-18-20-22-24-26-28-30-32-34-36-38-40-42-44-46-48-50-52-54-56-58-60-62-64-66-68-70-72-74-76-78-80-82-84-86-88-95(100)105-92-94(93-106-98(97(102)103)104-91-90-99(3,4)5)107-96(101)89-87-85-83-81-79-77-75-73-71-69-67-65-63-61-59-57-55-53-51-49-47-45-43-41-39-37-35-33-31-29-27-25-23-21-19-17-15-13-11-9-7-2/h8-11,14-17,20-23,26-29,32-35,39,41,45,47,51,53,57,59,63,65,69,71,94,98H,6-7,12-13,18-19,24-25,30-31,36-38,40,42-44,46,48-50,52,54-56,58,60-62,64,66-68,70,72-93H2,1-5H3/b10-8-,11-9-,16-14-,17-15-,22-20-,23-21-,28-26-,29-27-,34-32-,35-33-,41-39-,47-45-,53-51-,59-57-,65-63-,71-69-. The topological polar surface area (TPSA) is 111 Å². The minimum Gasteiger partial charge on any atom is -0.545 e. The fourth-order valence-corrected chi connectivity index (χ4v) is 11.8. The van der Waals surface area contributed by atoms with Gasteiger partial charge in [0.2, 0.25) is 0 Å². The second-order valence-electron chi connectivity index (χ2n) is 29.7. The predicted molar refractivity (Wildman–Crippen MR) is 462 cm³/mol. The Balaban J connectivity index is 4.05. The number of quaternary nitrogens is 1. The first-order valence-corrected chi connectivity index (χ1v) is 43.6. The van der Waals surface area contributed by atoms with E-state index in [4.69, 9.17) is 18.9 Å². The molecule has 0 fully saturated rings. The molecule has 0 aliphatic rings. The van der Waals surface area contributed by atoms with E-state index >= 15 is 0 Å². The Morgan fingerprint density at radius 2 is 0.505 bits per heavy atom. The Morgan fingerprint density at radius 1 is 0.280 bits per heavy atom. The van der Waals surface area contributed by atoms with Gasteiger partial charge < -0.3 is 33.3 Å². The number of unbranched alkanes of at least 4 members (excludes halogenated alkanes) is 32. The van der Waals surface area contributed by atoms with Crippen molar-refractivity contribution in [3.8, 4) is 0 Å². The van der Waals surface area contributed by atoms with Crippen LogP contribution < -0.4 is 5.11 Å². The van der Waals surface area contributed by atoms with Crippen LogP contribution in [0.2, 0.25) is 0 Å². The summed E-state index contributed by atoms with van der Waals surface area (Å²) in [5, 5.41) is 11.9. The highest BCUT2D eigenvalue weighted by Crippen LogP contribution is 2.18. The molecule has 0 bridgehead atoms. The maximum absolute atomic E-state index is 13.0. The van der Waals surface area contributed by atoms with Gasteiger partial charge in [-0.15, -0.1) is 0 Å². The molecular weight excluding hydrogens is 1320 g/mol. The van der Waals surface area contributed by atoms with Crippen LogP contribution in [0.25, 0.3) is 0 Å². The van der Waals surface area contributed by atoms with Crippen LogP contribution in [0.5, 0.6) is 0 Å². The van der Waals surface area contributed by atoms with E-state index in [1.165, 1.54) is 167 Å². The molecule has 9 heteroatoms. The van der Waals surface area contributed by atoms with Gasteiger partial charge in [0.25, 0.3) is 0 Å². The van der Waals surface area contributed by atoms with Crippen LogP contribution in [0.4, 0.5) is 0 Å². The molecule has 0 aromatic rings. The first-order chi connectivity index (χ1) is 52.6. The van der Waals surface area contributed by atoms with Crippen LogP contribution in [-0.2, 0) is 33.3 Å². The third-order valence-corrected chi connectivity index (χ3v) is 18.3. The van der Waals surface area contributed by atoms with Crippen molar-refractivity contribution >= 4 is 17.9 Å². The quantitative estimate of drug-likeness (QED) is 0.0195. The number of likely N-dealkylation sites (N-methyl/N-ethyl adjacent to an activating group) is 1. The maximum Gasteiger partial charge on any atom is 0.306 e. The zero-order chi connectivity index (χ0) is 77.4. The van der Waals surface area contributed by atoms with E-state index in [9.17, 15) is 19.5 Å². The molecule has 0 aliphatic heterocycles. The molecule has 0 spiro atoms. The average Bonchev–Trinajstić information content (AvgIpc) is 0.965. The van der Waals surface area contributed by atoms with Crippen molar-refractivity contribution in [2.75, 3.05) is 47.5 Å². The van der Waals surface area contributed by atoms with Crippen molar-refractivity contribution in [2.24, 2.45) is 0 Å². The minimum atomic E-state index is -1.64. The zero-order valence-corrected chi connectivity index (χ0v) is 69.4. The zero-order valence-electron chi connectivity index (χ0n) is 69.4. The number of allylic oxidation sites excluding steroid dienone is 32. The van der Waals surface area contributed by atoms with Crippen LogP contribution in [0.3, 0.4) is 0 Å². The van der Waals surface area contributed by atoms with Gasteiger partial charge in [0.15, 0.2) is 12.4 Å². The van der Waals surface area contributed by atoms with Gasteiger partial charge in [-0.05, 0) is 141 Å². The number of carbonyl (C=O) groups excluding carboxylic acids is 3. The van der Waals surface area contributed by atoms with Gasteiger partial charge in [-0.1, -0.05) is 388 Å². The third kappa shape index (κ3) is 87.2. The van der Waals surface area contributed by atoms with Gasteiger partial charge in [0.1, 0.15) is 13.2 Å². The molecule has 0 N–H and O–H groups in total. The molecule has 0 aliphatic carbocycles. The summed E-state index contributed by atoms with van der Waals surface area (Å²) < 4.78 is 22.9. The van der Waals surface area contributed by atoms with E-state index in [2.05, 4.69) is 208 Å². The van der Waals surface area contributed by atoms with Crippen molar-refractivity contribution in [3.63, 3.8) is 0 Å². The summed E-state index contributed by atoms with van der Waals surface area (Å²) in [5.41, 5.74) is 0. The second-order valence-corrected chi connectivity index (χ2v) is 29.7. The average molecular weight is 1480 g/mol. The molecule has 0 radical (unpaired) electrons. The van der Waals surface area contributed by atoms with Gasteiger partial charge in [-0.3, -0.25) is 9.59 Å². The number of carbonyl (C=O) groups is 3. The fourth-order valence-electron chi connectivity index (χ4n) is 11.8. The summed E-state index contributed by atoms with van der Waals surface area (Å²) in [5.74, 6) is -2.30. The van der Waals surface area contributed by atoms with Gasteiger partial charge in [0, 0.05) is 12.8 Å². The van der Waals surface area contributed by atoms with Crippen LogP contribution in [-0.4, -0.2) is 82.3 Å². The summed E-state index contributed by atoms with van der Waals surface area (Å²) in [7, 11) is 5.93. The second kappa shape index (κ2) is 85.7. The molecule has 0 amide bonds. The number of carboxylic acid groups (broad SMARTS) is 1. The normalized spacial score (nSPS) is 13.6. The number of hydrogen-bond acceptors (Lipinski definition) is 8. The first-order valence-electron chi connectivity index (χ1n) is 43.6. The largest absolute Gasteiger partial charge is 0.545 e. The molecule has 107 heavy (non-hydrogen) atoms. The van der Waals surface area contributed by atoms with Crippen LogP contribution in [0, 0.1) is 0 Å². The lowest BCUT2D eigenvalue weighted by Crippen LogP contribution is -2.44. The SMILES string of the molecule is CC/C=C\C/C=C\C/C=C\C/C=C\C/C=C\C/C=C\C/C=C\C/C=C\C/C=C\C/C=C\C/C=C\CCCCCCCCCC(=O)OC(COC(=O)CCCCCCCCCCCCCCCCCCCCCCCCCCC/C=C\C/C=C\C/C=C\C/C=C\C/C=C\CC)COC(OCC[N+](C)(C)C)C(=O)[O-]. The van der Waals surface area contributed by atoms with Crippen molar-refractivity contribution in [1.82, 2.24) is 0 Å². The number of hydrogen-bond donors (Lipinski definition) is 0. The molecule has 0 aromatic carbocycles. The molecule has 0 saturated heterocycles. The summed E-state index contributed by atoms with van der Waals surface area (Å²) in [6.45, 7) is 4.52. The molecule has 2 unspecified atom stereocenters. The first kappa shape index (κ1) is 101. The van der Waals surface area contributed by atoms with Crippen LogP contribution >= 0.6 is 0 Å². The molecule has 2 atom stereocenters. The third-order valence-electron chi connectivity index (χ3n) is 18.3. The highest BCUT2D eigenvalue weighted by atomic mass is 16.7. The molecule has 0 heterocycles. The maximum atomic E-state index is 13.0. The van der Waals surface area contributed by atoms with Gasteiger partial charge >= 0.3 is 11.9 Å². The molecule has 0 aromatic heterocycles. The highest BCUT2D eigenvalue weighted by molar-refractivity contribution is 5.70. The number of nitrogens with zero attached hydrogens (tertiary/aromatic N) is 1. The van der Waals surface area contributed by atoms with Crippen molar-refractivity contribution in [2.45, 2.75) is 360 Å². The molecule has 0 saturated carbocycles. The van der Waals surface area contributed by atoms with Crippen molar-refractivity contribution in [1.29, 1.82) is 0 Å². The number of ether oxygens (including phenoxy) is 4. The van der Waals surface area contributed by atoms with Crippen LogP contribution in [0.15, 0.2) is 194 Å². The number of rotatable bonds is 79. The van der Waals surface area contributed by atoms with E-state index in [0.29, 0.717) is 17.4 Å². The highest BCUT2D eigenvalue weighted by Gasteiger charge is 2.22. The van der Waals surface area contributed by atoms with Crippen LogP contribution in [0.1, 0.15) is 348 Å². The Bertz CT molecular complexity index is 2480. The van der Waals surface area contributed by atoms with Gasteiger partial charge in [-0.25, -0.2) is 0 Å². The Kier molecular flexibility index (Phi) is 81.0. The number of aliphatic carboxylic acids is 1. The summed E-state index contributed by atoms with van der Waals surface area (Å²) >= 11 is 0. The summed E-state index contributed by atoms with van der Waals surface area (Å²) in [6.07, 6.45) is 129. The monoisotopic (exact) mass is 1480 g/mol. The number of carboxylic acids is 1. The van der Waals surface area contributed by atoms with E-state index in [1.807, 2.05) is 21.1 Å². The Hall–Kier alpha value is -5.87. The lowest BCUT2D eigenvalue weighted by molar-refractivity contribution is -0.870. The van der Waals surface area contributed by atoms with Crippen molar-refractivity contribution < 1.29 is 42.9 Å². The van der Waals surface area contributed by atoms with E-state index < -0.39 is 24.3 Å². The Morgan fingerprint density at radius 3 is 0.748 bits per heavy atom. The van der Waals surface area contributed by atoms with Gasteiger partial charge in [-0.2, -0.15) is 0 Å². The van der Waals surface area contributed by atoms with E-state index in [-0.39, 0.29) is 38.6 Å². The molecule has 606 valence electrons. The van der Waals surface area contributed by atoms with E-state index in [0.717, 1.165) is 148 Å². The smallest absolute Gasteiger partial charge is 0.306 e. The summed E-state index contributed by atoms with van der Waals surface area (Å²) in [6, 6.07) is 0. The minimum absolute atomic E-state index is 0.138. The fraction of sp³-hybridized carbons (Fsp3) is 0.643. The Labute approximate surface area is 659 Å². The van der Waals surface area contributed by atoms with E-state index in [1.54, 1.807) is 0 Å². The predicted octanol–water partition coefficient (Wildman–Crippen LogP) is 27.5. The molecule has 9 nitrogen and oxygen atoms in total. The molecular formula is C98H161NO8. The molecule has 0 rings (SSSR count). The van der Waals surface area contributed by atoms with Gasteiger partial charge in [0.05, 0.1) is 40.3 Å². The van der Waals surface area contributed by atoms with Crippen molar-refractivity contribution in [3.05, 3.63) is 194 Å². The lowest BCUT2D eigenvalue weighted by Gasteiger charge is -2.26.